The second-order valence-electron chi connectivity index (χ2n) is 1.76. The van der Waals surface area contributed by atoms with Gasteiger partial charge in [0.05, 0.1) is 0 Å². The van der Waals surface area contributed by atoms with Gasteiger partial charge in [0.15, 0.2) is 0 Å². The number of hydrogen-bond donors (Lipinski definition) is 0. The van der Waals surface area contributed by atoms with Gasteiger partial charge in [0, 0.05) is 0 Å². The van der Waals surface area contributed by atoms with Crippen LogP contribution in [0.15, 0.2) is 12.7 Å². The van der Waals surface area contributed by atoms with E-state index >= 15 is 0 Å². The van der Waals surface area contributed by atoms with E-state index in [-0.39, 0.29) is 0 Å². The fraction of sp³-hybridized carbons (Fsp3) is 0.714. The van der Waals surface area contributed by atoms with E-state index in [9.17, 15) is 0 Å². The lowest BCUT2D eigenvalue weighted by Crippen LogP contribution is -1.63. The minimum atomic E-state index is 1.38. The van der Waals surface area contributed by atoms with Crippen LogP contribution >= 0.6 is 0 Å². The van der Waals surface area contributed by atoms with E-state index in [1.54, 1.807) is 6.08 Å². The molecule has 0 rings (SSSR count). The van der Waals surface area contributed by atoms with Gasteiger partial charge in [0.1, 0.15) is 0 Å². The number of hydrogen-bond acceptors (Lipinski definition) is 0. The first-order valence-corrected chi connectivity index (χ1v) is 4.81. The Balaban J connectivity index is 0. The van der Waals surface area contributed by atoms with E-state index in [1.165, 1.54) is 34.4 Å². The van der Waals surface area contributed by atoms with Gasteiger partial charge in [0.25, 0.3) is 0 Å². The molecule has 0 aromatic heterocycles. The third kappa shape index (κ3) is 33.8. The summed E-state index contributed by atoms with van der Waals surface area (Å²) in [6.45, 7) is 7.48. The van der Waals surface area contributed by atoms with E-state index in [0.29, 0.717) is 0 Å². The Morgan fingerprint density at radius 1 is 1.62 bits per heavy atom. The van der Waals surface area contributed by atoms with E-state index in [1.807, 2.05) is 6.92 Å². The van der Waals surface area contributed by atoms with Crippen molar-refractivity contribution in [3.63, 3.8) is 0 Å². The maximum atomic E-state index is 3.36. The highest BCUT2D eigenvalue weighted by molar-refractivity contribution is 6.08. The molecule has 1 heteroatoms. The van der Waals surface area contributed by atoms with E-state index in [4.69, 9.17) is 0 Å². The molecular weight excluding hydrogens is 111 g/mol. The fourth-order valence-corrected chi connectivity index (χ4v) is 1.06. The van der Waals surface area contributed by atoms with Crippen molar-refractivity contribution in [3.05, 3.63) is 12.7 Å². The first kappa shape index (κ1) is 11.1. The van der Waals surface area contributed by atoms with Gasteiger partial charge in [-0.05, 0) is 6.92 Å². The smallest absolute Gasteiger partial charge is 0.103 e. The average Bonchev–Trinajstić information content (AvgIpc) is 1.71. The summed E-state index contributed by atoms with van der Waals surface area (Å²) in [4.78, 5) is 0. The van der Waals surface area contributed by atoms with E-state index < -0.39 is 0 Å². The summed E-state index contributed by atoms with van der Waals surface area (Å²) in [5, 5.41) is 1.48. The summed E-state index contributed by atoms with van der Waals surface area (Å²) in [5.41, 5.74) is 0. The third-order valence-electron chi connectivity index (χ3n) is 0.707. The Kier molecular flexibility index (Phi) is 21.8. The largest absolute Gasteiger partial charge is 0.211 e. The molecule has 0 aliphatic rings. The molecule has 0 spiro atoms. The molecule has 0 atom stereocenters. The third-order valence-corrected chi connectivity index (χ3v) is 1.41. The van der Waals surface area contributed by atoms with Crippen LogP contribution in [0.1, 0.15) is 26.7 Å². The molecule has 8 heavy (non-hydrogen) atoms. The van der Waals surface area contributed by atoms with Crippen LogP contribution < -0.4 is 0 Å². The van der Waals surface area contributed by atoms with E-state index in [0.717, 1.165) is 0 Å². The minimum Gasteiger partial charge on any atom is -0.103 e. The quantitative estimate of drug-likeness (QED) is 0.394. The molecule has 0 amide bonds. The summed E-state index contributed by atoms with van der Waals surface area (Å²) in [7, 11) is 0. The zero-order chi connectivity index (χ0) is 6.83. The molecule has 0 heterocycles. The molecule has 0 nitrogen and oxygen atoms in total. The van der Waals surface area contributed by atoms with Crippen LogP contribution in [0.25, 0.3) is 0 Å². The Morgan fingerprint density at radius 2 is 2.00 bits per heavy atom. The summed E-state index contributed by atoms with van der Waals surface area (Å²) in [5.74, 6) is 0. The van der Waals surface area contributed by atoms with Crippen LogP contribution in [0.2, 0.25) is 5.28 Å². The highest BCUT2D eigenvalue weighted by atomic mass is 27.0. The van der Waals surface area contributed by atoms with Crippen molar-refractivity contribution in [2.24, 2.45) is 0 Å². The molecule has 0 bridgehead atoms. The van der Waals surface area contributed by atoms with Gasteiger partial charge in [-0.3, -0.25) is 0 Å². The van der Waals surface area contributed by atoms with Crippen molar-refractivity contribution in [3.8, 4) is 0 Å². The molecule has 0 fully saturated rings. The lowest BCUT2D eigenvalue weighted by molar-refractivity contribution is 0.884. The van der Waals surface area contributed by atoms with Gasteiger partial charge in [-0.2, -0.15) is 0 Å². The summed E-state index contributed by atoms with van der Waals surface area (Å²) >= 11 is 1.40. The Hall–Kier alpha value is 0.272. The topological polar surface area (TPSA) is 0 Å². The van der Waals surface area contributed by atoms with Crippen molar-refractivity contribution < 1.29 is 0 Å². The molecule has 0 aromatic carbocycles. The Labute approximate surface area is 61.4 Å². The molecule has 0 aliphatic heterocycles. The number of allylic oxidation sites excluding steroid dienone is 1. The predicted octanol–water partition coefficient (Wildman–Crippen LogP) is 2.03. The first-order chi connectivity index (χ1) is 3.83. The summed E-state index contributed by atoms with van der Waals surface area (Å²) < 4.78 is 0. The molecule has 0 N–H and O–H groups in total. The second-order valence-corrected chi connectivity index (χ2v) is 2.76. The highest BCUT2D eigenvalue weighted by Gasteiger charge is 1.69. The predicted molar refractivity (Wildman–Crippen MR) is 44.1 cm³/mol. The maximum absolute atomic E-state index is 3.36. The van der Waals surface area contributed by atoms with Crippen molar-refractivity contribution in [2.75, 3.05) is 0 Å². The van der Waals surface area contributed by atoms with Crippen LogP contribution in [0.4, 0.5) is 0 Å². The first-order valence-electron chi connectivity index (χ1n) is 3.40. The van der Waals surface area contributed by atoms with Gasteiger partial charge in [0.2, 0.25) is 16.3 Å². The van der Waals surface area contributed by atoms with E-state index in [2.05, 4.69) is 13.5 Å². The summed E-state index contributed by atoms with van der Waals surface area (Å²) in [6, 6.07) is 0. The van der Waals surface area contributed by atoms with Gasteiger partial charge in [-0.25, -0.2) is 0 Å². The molecule has 0 unspecified atom stereocenters. The molecule has 0 aliphatic carbocycles. The van der Waals surface area contributed by atoms with Gasteiger partial charge in [-0.1, -0.05) is 25.8 Å². The zero-order valence-electron chi connectivity index (χ0n) is 6.41. The standard InChI is InChI=1S/C4H9.C3H6.Al.2H/c1-3-4-2;1-3-2;;;/h1,3-4H2,2H3;3H,1H2,2H3;;;. The van der Waals surface area contributed by atoms with Crippen LogP contribution in [-0.2, 0) is 0 Å². The Morgan fingerprint density at radius 3 is 2.00 bits per heavy atom. The Bertz CT molecular complexity index is 31.4. The van der Waals surface area contributed by atoms with Crippen molar-refractivity contribution >= 4 is 16.3 Å². The molecule has 0 radical (unpaired) electrons. The van der Waals surface area contributed by atoms with Crippen molar-refractivity contribution in [1.82, 2.24) is 0 Å². The summed E-state index contributed by atoms with van der Waals surface area (Å²) in [6.07, 6.45) is 4.58. The van der Waals surface area contributed by atoms with Gasteiger partial charge >= 0.3 is 0 Å². The number of unbranched alkanes of at least 4 members (excludes halogenated alkanes) is 1. The minimum absolute atomic E-state index is 1.38. The second kappa shape index (κ2) is 15.7. The SMILES string of the molecule is C=CC.CCC[CH2][AlH2]. The monoisotopic (exact) mass is 128 g/mol. The number of rotatable bonds is 2. The average molecular weight is 128 g/mol. The van der Waals surface area contributed by atoms with Crippen LogP contribution in [-0.4, -0.2) is 16.3 Å². The van der Waals surface area contributed by atoms with Crippen molar-refractivity contribution in [1.29, 1.82) is 0 Å². The normalized spacial score (nSPS) is 6.75. The van der Waals surface area contributed by atoms with Crippen LogP contribution in [0, 0.1) is 0 Å². The van der Waals surface area contributed by atoms with Crippen LogP contribution in [0.5, 0.6) is 0 Å². The molecule has 48 valence electrons. The van der Waals surface area contributed by atoms with Crippen LogP contribution in [0.3, 0.4) is 0 Å². The zero-order valence-corrected chi connectivity index (χ0v) is 8.41. The van der Waals surface area contributed by atoms with Gasteiger partial charge < -0.3 is 0 Å². The van der Waals surface area contributed by atoms with Crippen molar-refractivity contribution in [2.45, 2.75) is 32.0 Å². The fourth-order valence-electron chi connectivity index (χ4n) is 0.354. The maximum Gasteiger partial charge on any atom is 0.211 e. The molecule has 0 aromatic rings. The lowest BCUT2D eigenvalue weighted by Gasteiger charge is -1.78. The molecule has 0 saturated carbocycles. The molecular formula is C7H17Al. The highest BCUT2D eigenvalue weighted by Crippen LogP contribution is 1.86. The van der Waals surface area contributed by atoms with Gasteiger partial charge in [-0.15, -0.1) is 11.9 Å². The lowest BCUT2D eigenvalue weighted by atomic mass is 10.4. The molecule has 0 saturated heterocycles.